The number of nitrogens with one attached hydrogen (secondary N) is 1. The van der Waals surface area contributed by atoms with Crippen molar-refractivity contribution in [3.63, 3.8) is 0 Å². The van der Waals surface area contributed by atoms with Crippen molar-refractivity contribution in [3.05, 3.63) is 86.7 Å². The number of benzene rings is 2. The van der Waals surface area contributed by atoms with Gasteiger partial charge in [-0.05, 0) is 30.2 Å². The number of fused-ring (bicyclic) bond motifs is 1. The first-order valence-corrected chi connectivity index (χ1v) is 10.3. The SMILES string of the molecule is Cc1sc2ncn(CC(=O)NCc3cccc(Cl)c3)c(=O)c2c1-c1ccccc1. The molecule has 2 aromatic carbocycles. The Kier molecular flexibility index (Phi) is 5.47. The van der Waals surface area contributed by atoms with Gasteiger partial charge >= 0.3 is 0 Å². The third-order valence-corrected chi connectivity index (χ3v) is 5.86. The number of rotatable bonds is 5. The zero-order chi connectivity index (χ0) is 20.4. The van der Waals surface area contributed by atoms with E-state index in [0.29, 0.717) is 21.8 Å². The predicted molar refractivity (Wildman–Crippen MR) is 117 cm³/mol. The predicted octanol–water partition coefficient (Wildman–Crippen LogP) is 4.40. The Morgan fingerprint density at radius 3 is 2.72 bits per heavy atom. The normalized spacial score (nSPS) is 11.0. The van der Waals surface area contributed by atoms with E-state index in [1.807, 2.05) is 49.4 Å². The minimum Gasteiger partial charge on any atom is -0.350 e. The summed E-state index contributed by atoms with van der Waals surface area (Å²) in [5.41, 5.74) is 2.54. The van der Waals surface area contributed by atoms with Crippen LogP contribution in [0.4, 0.5) is 0 Å². The highest BCUT2D eigenvalue weighted by Gasteiger charge is 2.17. The van der Waals surface area contributed by atoms with E-state index in [1.54, 1.807) is 12.1 Å². The van der Waals surface area contributed by atoms with E-state index >= 15 is 0 Å². The molecule has 7 heteroatoms. The minimum absolute atomic E-state index is 0.0918. The first-order chi connectivity index (χ1) is 14.0. The molecule has 0 atom stereocenters. The maximum absolute atomic E-state index is 13.1. The number of amides is 1. The first-order valence-electron chi connectivity index (χ1n) is 9.08. The number of carbonyl (C=O) groups is 1. The highest BCUT2D eigenvalue weighted by molar-refractivity contribution is 7.19. The van der Waals surface area contributed by atoms with Crippen molar-refractivity contribution in [1.29, 1.82) is 0 Å². The third kappa shape index (κ3) is 4.09. The van der Waals surface area contributed by atoms with Gasteiger partial charge in [0.1, 0.15) is 11.4 Å². The summed E-state index contributed by atoms with van der Waals surface area (Å²) in [6, 6.07) is 17.1. The summed E-state index contributed by atoms with van der Waals surface area (Å²) in [5, 5.41) is 3.99. The van der Waals surface area contributed by atoms with Gasteiger partial charge in [0.05, 0.1) is 11.7 Å². The number of nitrogens with zero attached hydrogens (tertiary/aromatic N) is 2. The second-order valence-corrected chi connectivity index (χ2v) is 8.30. The van der Waals surface area contributed by atoms with Gasteiger partial charge in [0.15, 0.2) is 0 Å². The van der Waals surface area contributed by atoms with Crippen molar-refractivity contribution < 1.29 is 4.79 Å². The largest absolute Gasteiger partial charge is 0.350 e. The Bertz CT molecular complexity index is 1250. The lowest BCUT2D eigenvalue weighted by molar-refractivity contribution is -0.121. The van der Waals surface area contributed by atoms with Crippen LogP contribution in [0.5, 0.6) is 0 Å². The topological polar surface area (TPSA) is 64.0 Å². The number of thiophene rings is 1. The maximum atomic E-state index is 13.1. The summed E-state index contributed by atoms with van der Waals surface area (Å²) in [5.74, 6) is -0.263. The van der Waals surface area contributed by atoms with Gasteiger partial charge in [-0.1, -0.05) is 54.1 Å². The maximum Gasteiger partial charge on any atom is 0.263 e. The molecule has 0 fully saturated rings. The summed E-state index contributed by atoms with van der Waals surface area (Å²) >= 11 is 7.45. The fourth-order valence-electron chi connectivity index (χ4n) is 3.26. The lowest BCUT2D eigenvalue weighted by Crippen LogP contribution is -2.32. The van der Waals surface area contributed by atoms with Crippen molar-refractivity contribution in [2.24, 2.45) is 0 Å². The molecule has 0 spiro atoms. The number of aryl methyl sites for hydroxylation is 1. The van der Waals surface area contributed by atoms with Gasteiger partial charge in [-0.15, -0.1) is 11.3 Å². The molecule has 0 saturated heterocycles. The zero-order valence-electron chi connectivity index (χ0n) is 15.7. The van der Waals surface area contributed by atoms with Gasteiger partial charge in [-0.3, -0.25) is 14.2 Å². The van der Waals surface area contributed by atoms with Crippen LogP contribution < -0.4 is 10.9 Å². The molecule has 5 nitrogen and oxygen atoms in total. The molecule has 2 heterocycles. The lowest BCUT2D eigenvalue weighted by atomic mass is 10.0. The molecule has 0 bridgehead atoms. The average Bonchev–Trinajstić information content (AvgIpc) is 3.06. The van der Waals surface area contributed by atoms with Crippen LogP contribution >= 0.6 is 22.9 Å². The van der Waals surface area contributed by atoms with E-state index in [2.05, 4.69) is 10.3 Å². The summed E-state index contributed by atoms with van der Waals surface area (Å²) in [6.45, 7) is 2.23. The van der Waals surface area contributed by atoms with Crippen molar-refractivity contribution >= 4 is 39.1 Å². The van der Waals surface area contributed by atoms with Crippen LogP contribution in [0.25, 0.3) is 21.3 Å². The van der Waals surface area contributed by atoms with E-state index in [1.165, 1.54) is 22.2 Å². The van der Waals surface area contributed by atoms with Crippen LogP contribution in [-0.4, -0.2) is 15.5 Å². The molecule has 0 radical (unpaired) electrons. The first kappa shape index (κ1) is 19.4. The van der Waals surface area contributed by atoms with E-state index < -0.39 is 0 Å². The molecule has 1 N–H and O–H groups in total. The van der Waals surface area contributed by atoms with Gasteiger partial charge in [0.2, 0.25) is 5.91 Å². The number of hydrogen-bond acceptors (Lipinski definition) is 4. The Labute approximate surface area is 176 Å². The van der Waals surface area contributed by atoms with E-state index in [-0.39, 0.29) is 18.0 Å². The van der Waals surface area contributed by atoms with Crippen molar-refractivity contribution in [3.8, 4) is 11.1 Å². The van der Waals surface area contributed by atoms with Gasteiger partial charge < -0.3 is 5.32 Å². The highest BCUT2D eigenvalue weighted by atomic mass is 35.5. The molecule has 0 aliphatic carbocycles. The Balaban J connectivity index is 1.61. The Morgan fingerprint density at radius 1 is 1.17 bits per heavy atom. The van der Waals surface area contributed by atoms with Crippen LogP contribution in [0.15, 0.2) is 65.7 Å². The highest BCUT2D eigenvalue weighted by Crippen LogP contribution is 2.35. The summed E-state index contributed by atoms with van der Waals surface area (Å²) in [6.07, 6.45) is 1.44. The van der Waals surface area contributed by atoms with Gasteiger partial charge in [0, 0.05) is 22.0 Å². The zero-order valence-corrected chi connectivity index (χ0v) is 17.3. The van der Waals surface area contributed by atoms with Crippen LogP contribution in [0.2, 0.25) is 5.02 Å². The van der Waals surface area contributed by atoms with Crippen LogP contribution in [-0.2, 0) is 17.9 Å². The van der Waals surface area contributed by atoms with Crippen molar-refractivity contribution in [2.75, 3.05) is 0 Å². The number of halogens is 1. The van der Waals surface area contributed by atoms with Gasteiger partial charge in [0.25, 0.3) is 5.56 Å². The van der Waals surface area contributed by atoms with Gasteiger partial charge in [-0.2, -0.15) is 0 Å². The molecule has 4 aromatic rings. The molecule has 0 aliphatic rings. The third-order valence-electron chi connectivity index (χ3n) is 4.61. The molecule has 1 amide bonds. The molecule has 0 saturated carbocycles. The Hall–Kier alpha value is -2.96. The van der Waals surface area contributed by atoms with Crippen LogP contribution in [0.1, 0.15) is 10.4 Å². The van der Waals surface area contributed by atoms with E-state index in [0.717, 1.165) is 21.6 Å². The lowest BCUT2D eigenvalue weighted by Gasteiger charge is -2.08. The quantitative estimate of drug-likeness (QED) is 0.517. The second kappa shape index (κ2) is 8.19. The second-order valence-electron chi connectivity index (χ2n) is 6.66. The fourth-order valence-corrected chi connectivity index (χ4v) is 4.48. The summed E-state index contributed by atoms with van der Waals surface area (Å²) in [7, 11) is 0. The average molecular weight is 424 g/mol. The monoisotopic (exact) mass is 423 g/mol. The molecular formula is C22H18ClN3O2S. The summed E-state index contributed by atoms with van der Waals surface area (Å²) < 4.78 is 1.36. The van der Waals surface area contributed by atoms with E-state index in [4.69, 9.17) is 11.6 Å². The molecule has 29 heavy (non-hydrogen) atoms. The fraction of sp³-hybridized carbons (Fsp3) is 0.136. The molecule has 0 aliphatic heterocycles. The van der Waals surface area contributed by atoms with Crippen molar-refractivity contribution in [1.82, 2.24) is 14.9 Å². The molecular weight excluding hydrogens is 406 g/mol. The number of carbonyl (C=O) groups excluding carboxylic acids is 1. The van der Waals surface area contributed by atoms with Crippen LogP contribution in [0.3, 0.4) is 0 Å². The molecule has 146 valence electrons. The Morgan fingerprint density at radius 2 is 1.97 bits per heavy atom. The number of aromatic nitrogens is 2. The smallest absolute Gasteiger partial charge is 0.263 e. The van der Waals surface area contributed by atoms with Crippen molar-refractivity contribution in [2.45, 2.75) is 20.0 Å². The molecule has 2 aromatic heterocycles. The molecule has 4 rings (SSSR count). The minimum atomic E-state index is -0.263. The van der Waals surface area contributed by atoms with Gasteiger partial charge in [-0.25, -0.2) is 4.98 Å². The van der Waals surface area contributed by atoms with E-state index in [9.17, 15) is 9.59 Å². The number of hydrogen-bond donors (Lipinski definition) is 1. The standard InChI is InChI=1S/C22H18ClN3O2S/c1-14-19(16-7-3-2-4-8-16)20-21(29-14)25-13-26(22(20)28)12-18(27)24-11-15-6-5-9-17(23)10-15/h2-10,13H,11-12H2,1H3,(H,24,27). The molecule has 0 unspecified atom stereocenters. The van der Waals surface area contributed by atoms with Crippen LogP contribution in [0, 0.1) is 6.92 Å². The summed E-state index contributed by atoms with van der Waals surface area (Å²) in [4.78, 5) is 31.6.